The second-order valence-electron chi connectivity index (χ2n) is 9.57. The lowest BCUT2D eigenvalue weighted by Gasteiger charge is -2.14. The summed E-state index contributed by atoms with van der Waals surface area (Å²) in [5, 5.41) is 12.9. The van der Waals surface area contributed by atoms with E-state index in [0.717, 1.165) is 67.8 Å². The standard InChI is InChI=1S/C30H26FN7/c1-18(17-38(2)3)34-21-10-20(13-32-14-21)19-8-9-27-24(11-19)30(37-36-27)28-12-23-25(15-33-16-29(23)35-28)22-6-4-5-7-26(22)31/h4-16,34-35H,1,17H2,2-3H3,(H,36,37). The van der Waals surface area contributed by atoms with Crippen molar-refractivity contribution in [1.82, 2.24) is 30.0 Å². The number of aromatic nitrogens is 5. The summed E-state index contributed by atoms with van der Waals surface area (Å²) in [7, 11) is 4.01. The summed E-state index contributed by atoms with van der Waals surface area (Å²) in [6, 6.07) is 17.0. The van der Waals surface area contributed by atoms with Crippen LogP contribution in [-0.4, -0.2) is 50.7 Å². The maximum Gasteiger partial charge on any atom is 0.131 e. The van der Waals surface area contributed by atoms with E-state index in [1.807, 2.05) is 44.6 Å². The summed E-state index contributed by atoms with van der Waals surface area (Å²) in [6.45, 7) is 4.83. The van der Waals surface area contributed by atoms with Crippen LogP contribution in [0.5, 0.6) is 0 Å². The number of nitrogens with one attached hydrogen (secondary N) is 3. The average Bonchev–Trinajstić information content (AvgIpc) is 3.52. The third kappa shape index (κ3) is 4.42. The first kappa shape index (κ1) is 23.6. The lowest BCUT2D eigenvalue weighted by molar-refractivity contribution is 0.447. The quantitative estimate of drug-likeness (QED) is 0.233. The zero-order valence-electron chi connectivity index (χ0n) is 21.1. The highest BCUT2D eigenvalue weighted by Gasteiger charge is 2.16. The van der Waals surface area contributed by atoms with Crippen molar-refractivity contribution in [3.63, 3.8) is 0 Å². The monoisotopic (exact) mass is 503 g/mol. The second-order valence-corrected chi connectivity index (χ2v) is 9.57. The molecule has 0 saturated carbocycles. The maximum absolute atomic E-state index is 14.6. The summed E-state index contributed by atoms with van der Waals surface area (Å²) >= 11 is 0. The molecule has 6 rings (SSSR count). The van der Waals surface area contributed by atoms with Crippen LogP contribution >= 0.6 is 0 Å². The number of H-pyrrole nitrogens is 2. The van der Waals surface area contributed by atoms with Crippen LogP contribution < -0.4 is 5.32 Å². The Kier molecular flexibility index (Phi) is 5.94. The predicted octanol–water partition coefficient (Wildman–Crippen LogP) is 6.46. The van der Waals surface area contributed by atoms with Gasteiger partial charge in [0.25, 0.3) is 0 Å². The Morgan fingerprint density at radius 2 is 1.74 bits per heavy atom. The van der Waals surface area contributed by atoms with Gasteiger partial charge in [-0.05, 0) is 50.0 Å². The van der Waals surface area contributed by atoms with Gasteiger partial charge < -0.3 is 15.2 Å². The summed E-state index contributed by atoms with van der Waals surface area (Å²) in [6.07, 6.45) is 7.08. The molecular formula is C30H26FN7. The van der Waals surface area contributed by atoms with Crippen LogP contribution in [0.25, 0.3) is 55.4 Å². The van der Waals surface area contributed by atoms with Crippen LogP contribution in [0.4, 0.5) is 10.1 Å². The minimum atomic E-state index is -0.282. The van der Waals surface area contributed by atoms with Crippen molar-refractivity contribution in [2.24, 2.45) is 0 Å². The van der Waals surface area contributed by atoms with Gasteiger partial charge in [0.2, 0.25) is 0 Å². The predicted molar refractivity (Wildman–Crippen MR) is 151 cm³/mol. The number of likely N-dealkylation sites (N-methyl/N-ethyl adjacent to an activating group) is 1. The van der Waals surface area contributed by atoms with Gasteiger partial charge in [0.15, 0.2) is 0 Å². The van der Waals surface area contributed by atoms with Gasteiger partial charge in [-0.25, -0.2) is 4.39 Å². The third-order valence-electron chi connectivity index (χ3n) is 6.43. The number of pyridine rings is 2. The van der Waals surface area contributed by atoms with Gasteiger partial charge in [-0.1, -0.05) is 30.8 Å². The number of hydrogen-bond donors (Lipinski definition) is 3. The molecule has 0 atom stereocenters. The molecule has 7 nitrogen and oxygen atoms in total. The molecule has 0 aliphatic heterocycles. The van der Waals surface area contributed by atoms with Gasteiger partial charge in [0.1, 0.15) is 11.5 Å². The zero-order valence-corrected chi connectivity index (χ0v) is 21.1. The Morgan fingerprint density at radius 3 is 2.58 bits per heavy atom. The Morgan fingerprint density at radius 1 is 0.895 bits per heavy atom. The molecule has 8 heteroatoms. The highest BCUT2D eigenvalue weighted by molar-refractivity contribution is 6.01. The van der Waals surface area contributed by atoms with Gasteiger partial charge in [0, 0.05) is 52.1 Å². The molecule has 0 unspecified atom stereocenters. The summed E-state index contributed by atoms with van der Waals surface area (Å²) in [4.78, 5) is 14.2. The molecular weight excluding hydrogens is 477 g/mol. The fourth-order valence-electron chi connectivity index (χ4n) is 4.76. The minimum Gasteiger partial charge on any atom is -0.357 e. The fraction of sp³-hybridized carbons (Fsp3) is 0.100. The van der Waals surface area contributed by atoms with Gasteiger partial charge >= 0.3 is 0 Å². The first-order valence-corrected chi connectivity index (χ1v) is 12.2. The summed E-state index contributed by atoms with van der Waals surface area (Å²) in [5.41, 5.74) is 8.33. The number of benzene rings is 2. The van der Waals surface area contributed by atoms with E-state index in [4.69, 9.17) is 0 Å². The number of nitrogens with zero attached hydrogens (tertiary/aromatic N) is 4. The lowest BCUT2D eigenvalue weighted by Crippen LogP contribution is -2.18. The van der Waals surface area contributed by atoms with E-state index in [-0.39, 0.29) is 5.82 Å². The number of fused-ring (bicyclic) bond motifs is 2. The molecule has 38 heavy (non-hydrogen) atoms. The van der Waals surface area contributed by atoms with Gasteiger partial charge in [-0.15, -0.1) is 0 Å². The molecule has 0 amide bonds. The molecule has 3 N–H and O–H groups in total. The van der Waals surface area contributed by atoms with Crippen molar-refractivity contribution in [1.29, 1.82) is 0 Å². The molecule has 0 saturated heterocycles. The molecule has 0 aliphatic carbocycles. The Labute approximate surface area is 219 Å². The van der Waals surface area contributed by atoms with E-state index >= 15 is 0 Å². The fourth-order valence-corrected chi connectivity index (χ4v) is 4.76. The van der Waals surface area contributed by atoms with E-state index in [0.29, 0.717) is 5.56 Å². The van der Waals surface area contributed by atoms with Crippen molar-refractivity contribution in [2.45, 2.75) is 0 Å². The number of hydrogen-bond acceptors (Lipinski definition) is 5. The Bertz CT molecular complexity index is 1800. The van der Waals surface area contributed by atoms with Crippen molar-refractivity contribution in [2.75, 3.05) is 26.0 Å². The molecule has 188 valence electrons. The number of aromatic amines is 2. The highest BCUT2D eigenvalue weighted by Crippen LogP contribution is 2.35. The smallest absolute Gasteiger partial charge is 0.131 e. The van der Waals surface area contributed by atoms with E-state index in [1.54, 1.807) is 30.7 Å². The normalized spacial score (nSPS) is 11.5. The van der Waals surface area contributed by atoms with Crippen molar-refractivity contribution < 1.29 is 4.39 Å². The van der Waals surface area contributed by atoms with Gasteiger partial charge in [-0.3, -0.25) is 15.1 Å². The Balaban J connectivity index is 1.39. The van der Waals surface area contributed by atoms with Gasteiger partial charge in [-0.2, -0.15) is 5.10 Å². The van der Waals surface area contributed by atoms with Crippen LogP contribution in [0.3, 0.4) is 0 Å². The molecule has 0 bridgehead atoms. The summed E-state index contributed by atoms with van der Waals surface area (Å²) < 4.78 is 14.6. The number of halogens is 1. The first-order chi connectivity index (χ1) is 18.5. The molecule has 2 aromatic carbocycles. The van der Waals surface area contributed by atoms with E-state index < -0.39 is 0 Å². The molecule has 6 aromatic rings. The number of rotatable bonds is 7. The molecule has 0 radical (unpaired) electrons. The molecule has 4 aromatic heterocycles. The third-order valence-corrected chi connectivity index (χ3v) is 6.43. The Hall–Kier alpha value is -4.82. The van der Waals surface area contributed by atoms with Crippen LogP contribution in [0.1, 0.15) is 0 Å². The minimum absolute atomic E-state index is 0.282. The lowest BCUT2D eigenvalue weighted by atomic mass is 10.0. The maximum atomic E-state index is 14.6. The van der Waals surface area contributed by atoms with Crippen LogP contribution in [0.15, 0.2) is 91.7 Å². The van der Waals surface area contributed by atoms with E-state index in [2.05, 4.69) is 54.1 Å². The molecule has 0 aliphatic rings. The molecule has 4 heterocycles. The molecule has 0 spiro atoms. The topological polar surface area (TPSA) is 85.5 Å². The van der Waals surface area contributed by atoms with E-state index in [1.165, 1.54) is 6.07 Å². The molecule has 0 fully saturated rings. The van der Waals surface area contributed by atoms with Crippen molar-refractivity contribution in [3.8, 4) is 33.6 Å². The van der Waals surface area contributed by atoms with Crippen LogP contribution in [0.2, 0.25) is 0 Å². The van der Waals surface area contributed by atoms with Crippen LogP contribution in [-0.2, 0) is 0 Å². The SMILES string of the molecule is C=C(CN(C)C)Nc1cncc(-c2ccc3[nH]nc(-c4cc5c(-c6ccccc6F)cncc5[nH]4)c3c2)c1. The van der Waals surface area contributed by atoms with E-state index in [9.17, 15) is 4.39 Å². The first-order valence-electron chi connectivity index (χ1n) is 12.2. The highest BCUT2D eigenvalue weighted by atomic mass is 19.1. The zero-order chi connectivity index (χ0) is 26.2. The second kappa shape index (κ2) is 9.57. The largest absolute Gasteiger partial charge is 0.357 e. The summed E-state index contributed by atoms with van der Waals surface area (Å²) in [5.74, 6) is -0.282. The van der Waals surface area contributed by atoms with Crippen molar-refractivity contribution in [3.05, 3.63) is 97.5 Å². The van der Waals surface area contributed by atoms with Crippen molar-refractivity contribution >= 4 is 27.5 Å². The average molecular weight is 504 g/mol. The van der Waals surface area contributed by atoms with Gasteiger partial charge in [0.05, 0.1) is 34.8 Å². The van der Waals surface area contributed by atoms with Crippen LogP contribution in [0, 0.1) is 5.82 Å². The number of anilines is 1.